The molecule has 0 aromatic carbocycles. The van der Waals surface area contributed by atoms with Crippen molar-refractivity contribution in [3.63, 3.8) is 0 Å². The average Bonchev–Trinajstić information content (AvgIpc) is 3.30. The highest BCUT2D eigenvalue weighted by Crippen LogP contribution is 2.50. The van der Waals surface area contributed by atoms with Crippen molar-refractivity contribution in [3.05, 3.63) is 40.3 Å². The number of hydrogen-bond donors (Lipinski definition) is 1. The number of aromatic nitrogens is 1. The van der Waals surface area contributed by atoms with Crippen LogP contribution >= 0.6 is 11.3 Å². The van der Waals surface area contributed by atoms with Crippen molar-refractivity contribution in [1.29, 1.82) is 0 Å². The Bertz CT molecular complexity index is 739. The maximum atomic E-state index is 12.6. The van der Waals surface area contributed by atoms with Gasteiger partial charge in [0.1, 0.15) is 0 Å². The average molecular weight is 343 g/mol. The molecular formula is C18H21N3O2S. The molecule has 5 nitrogen and oxygen atoms in total. The lowest BCUT2D eigenvalue weighted by molar-refractivity contribution is -0.117. The van der Waals surface area contributed by atoms with Crippen LogP contribution in [0, 0.1) is 12.8 Å². The molecule has 0 bridgehead atoms. The number of aryl methyl sites for hydroxylation is 1. The summed E-state index contributed by atoms with van der Waals surface area (Å²) in [4.78, 5) is 21.7. The van der Waals surface area contributed by atoms with E-state index in [9.17, 15) is 4.79 Å². The van der Waals surface area contributed by atoms with Gasteiger partial charge >= 0.3 is 0 Å². The van der Waals surface area contributed by atoms with Gasteiger partial charge in [-0.25, -0.2) is 0 Å². The van der Waals surface area contributed by atoms with E-state index in [0.717, 1.165) is 44.1 Å². The van der Waals surface area contributed by atoms with Crippen LogP contribution in [-0.4, -0.2) is 37.2 Å². The zero-order valence-electron chi connectivity index (χ0n) is 13.7. The first-order valence-electron chi connectivity index (χ1n) is 8.36. The highest BCUT2D eigenvalue weighted by atomic mass is 32.1. The maximum absolute atomic E-state index is 12.6. The van der Waals surface area contributed by atoms with Crippen molar-refractivity contribution >= 4 is 28.6 Å². The molecule has 2 atom stereocenters. The molecule has 1 aliphatic heterocycles. The molecule has 0 radical (unpaired) electrons. The lowest BCUT2D eigenvalue weighted by atomic mass is 10.2. The highest BCUT2D eigenvalue weighted by Gasteiger charge is 2.44. The topological polar surface area (TPSA) is 54.5 Å². The first-order valence-corrected chi connectivity index (χ1v) is 9.18. The van der Waals surface area contributed by atoms with Crippen molar-refractivity contribution in [2.75, 3.05) is 36.5 Å². The number of rotatable bonds is 4. The van der Waals surface area contributed by atoms with Crippen LogP contribution in [0.25, 0.3) is 0 Å². The molecule has 0 unspecified atom stereocenters. The third-order valence-electron chi connectivity index (χ3n) is 4.66. The van der Waals surface area contributed by atoms with E-state index in [1.54, 1.807) is 23.7 Å². The first-order chi connectivity index (χ1) is 11.7. The van der Waals surface area contributed by atoms with Crippen LogP contribution in [0.3, 0.4) is 0 Å². The van der Waals surface area contributed by atoms with E-state index >= 15 is 0 Å². The van der Waals surface area contributed by atoms with Crippen molar-refractivity contribution in [3.8, 4) is 0 Å². The number of ether oxygens (including phenoxy) is 1. The number of pyridine rings is 1. The summed E-state index contributed by atoms with van der Waals surface area (Å²) in [6.07, 6.45) is 4.46. The number of carbonyl (C=O) groups excluding carboxylic acids is 1. The molecule has 1 saturated carbocycles. The van der Waals surface area contributed by atoms with E-state index in [0.29, 0.717) is 5.92 Å². The van der Waals surface area contributed by atoms with Gasteiger partial charge in [0.15, 0.2) is 0 Å². The normalized spacial score (nSPS) is 23.1. The summed E-state index contributed by atoms with van der Waals surface area (Å²) < 4.78 is 5.41. The smallest absolute Gasteiger partial charge is 0.228 e. The number of morpholine rings is 1. The molecule has 4 rings (SSSR count). The summed E-state index contributed by atoms with van der Waals surface area (Å²) in [7, 11) is 0. The fourth-order valence-electron chi connectivity index (χ4n) is 3.24. The van der Waals surface area contributed by atoms with E-state index in [4.69, 9.17) is 4.74 Å². The van der Waals surface area contributed by atoms with Gasteiger partial charge in [-0.05, 0) is 31.5 Å². The molecular weight excluding hydrogens is 322 g/mol. The molecule has 6 heteroatoms. The van der Waals surface area contributed by atoms with E-state index in [1.165, 1.54) is 9.75 Å². The number of hydrogen-bond acceptors (Lipinski definition) is 5. The minimum absolute atomic E-state index is 0.0841. The quantitative estimate of drug-likeness (QED) is 0.927. The number of amides is 1. The molecule has 2 aromatic heterocycles. The molecule has 2 aliphatic rings. The zero-order valence-corrected chi connectivity index (χ0v) is 14.5. The lowest BCUT2D eigenvalue weighted by Gasteiger charge is -2.30. The summed E-state index contributed by atoms with van der Waals surface area (Å²) in [5, 5.41) is 3.10. The zero-order chi connectivity index (χ0) is 16.5. The van der Waals surface area contributed by atoms with Crippen LogP contribution in [0.15, 0.2) is 30.6 Å². The summed E-state index contributed by atoms with van der Waals surface area (Å²) in [6, 6.07) is 6.25. The van der Waals surface area contributed by atoms with Crippen LogP contribution in [0.2, 0.25) is 0 Å². The fraction of sp³-hybridized carbons (Fsp3) is 0.444. The monoisotopic (exact) mass is 343 g/mol. The SMILES string of the molecule is Cc1ccc([C@@H]2C[C@@H]2C(=O)Nc2cnccc2N2CCOCC2)s1. The Balaban J connectivity index is 1.45. The standard InChI is InChI=1S/C18H21N3O2S/c1-12-2-3-17(24-12)13-10-14(13)18(22)20-15-11-19-5-4-16(15)21-6-8-23-9-7-21/h2-5,11,13-14H,6-10H2,1H3,(H,20,22)/t13-,14+/m1/s1. The van der Waals surface area contributed by atoms with Crippen molar-refractivity contribution in [2.45, 2.75) is 19.3 Å². The minimum Gasteiger partial charge on any atom is -0.378 e. The van der Waals surface area contributed by atoms with Gasteiger partial charge < -0.3 is 15.0 Å². The molecule has 2 fully saturated rings. The number of nitrogens with zero attached hydrogens (tertiary/aromatic N) is 2. The number of nitrogens with one attached hydrogen (secondary N) is 1. The Morgan fingerprint density at radius 2 is 2.17 bits per heavy atom. The molecule has 3 heterocycles. The molecule has 24 heavy (non-hydrogen) atoms. The second kappa shape index (κ2) is 6.53. The Morgan fingerprint density at radius 3 is 2.92 bits per heavy atom. The molecule has 126 valence electrons. The predicted molar refractivity (Wildman–Crippen MR) is 95.8 cm³/mol. The van der Waals surface area contributed by atoms with Gasteiger partial charge in [0.25, 0.3) is 0 Å². The summed E-state index contributed by atoms with van der Waals surface area (Å²) in [5.41, 5.74) is 1.84. The summed E-state index contributed by atoms with van der Waals surface area (Å²) in [6.45, 7) is 5.23. The Labute approximate surface area is 145 Å². The second-order valence-electron chi connectivity index (χ2n) is 6.38. The minimum atomic E-state index is 0.0841. The van der Waals surface area contributed by atoms with E-state index in [-0.39, 0.29) is 11.8 Å². The second-order valence-corrected chi connectivity index (χ2v) is 7.70. The van der Waals surface area contributed by atoms with E-state index < -0.39 is 0 Å². The van der Waals surface area contributed by atoms with Crippen molar-refractivity contribution in [2.24, 2.45) is 5.92 Å². The van der Waals surface area contributed by atoms with Gasteiger partial charge in [-0.2, -0.15) is 0 Å². The Morgan fingerprint density at radius 1 is 1.33 bits per heavy atom. The van der Waals surface area contributed by atoms with E-state index in [1.807, 2.05) is 6.07 Å². The van der Waals surface area contributed by atoms with Gasteiger partial charge in [-0.15, -0.1) is 11.3 Å². The highest BCUT2D eigenvalue weighted by molar-refractivity contribution is 7.12. The number of anilines is 2. The van der Waals surface area contributed by atoms with Crippen molar-refractivity contribution < 1.29 is 9.53 Å². The Hall–Kier alpha value is -1.92. The van der Waals surface area contributed by atoms with Gasteiger partial charge in [-0.1, -0.05) is 0 Å². The number of thiophene rings is 1. The Kier molecular flexibility index (Phi) is 4.24. The van der Waals surface area contributed by atoms with Crippen LogP contribution in [0.4, 0.5) is 11.4 Å². The first kappa shape index (κ1) is 15.6. The van der Waals surface area contributed by atoms with Gasteiger partial charge in [0, 0.05) is 40.9 Å². The van der Waals surface area contributed by atoms with Crippen molar-refractivity contribution in [1.82, 2.24) is 4.98 Å². The third kappa shape index (κ3) is 3.16. The predicted octanol–water partition coefficient (Wildman–Crippen LogP) is 3.03. The van der Waals surface area contributed by atoms with Crippen LogP contribution in [-0.2, 0) is 9.53 Å². The lowest BCUT2D eigenvalue weighted by Crippen LogP contribution is -2.36. The molecule has 2 aromatic rings. The molecule has 1 aliphatic carbocycles. The van der Waals surface area contributed by atoms with E-state index in [2.05, 4.69) is 34.3 Å². The molecule has 1 N–H and O–H groups in total. The van der Waals surface area contributed by atoms with Crippen LogP contribution in [0.1, 0.15) is 22.1 Å². The number of carbonyl (C=O) groups is 1. The van der Waals surface area contributed by atoms with Gasteiger partial charge in [-0.3, -0.25) is 9.78 Å². The summed E-state index contributed by atoms with van der Waals surface area (Å²) >= 11 is 1.80. The molecule has 1 saturated heterocycles. The van der Waals surface area contributed by atoms with Gasteiger partial charge in [0.05, 0.1) is 30.8 Å². The summed E-state index contributed by atoms with van der Waals surface area (Å²) in [5.74, 6) is 0.571. The van der Waals surface area contributed by atoms with Crippen LogP contribution in [0.5, 0.6) is 0 Å². The fourth-order valence-corrected chi connectivity index (χ4v) is 4.30. The molecule has 1 amide bonds. The largest absolute Gasteiger partial charge is 0.378 e. The third-order valence-corrected chi connectivity index (χ3v) is 5.79. The van der Waals surface area contributed by atoms with Crippen LogP contribution < -0.4 is 10.2 Å². The maximum Gasteiger partial charge on any atom is 0.228 e. The van der Waals surface area contributed by atoms with Gasteiger partial charge in [0.2, 0.25) is 5.91 Å². The molecule has 0 spiro atoms.